The molecule has 0 unspecified atom stereocenters. The first kappa shape index (κ1) is 15.8. The Morgan fingerprint density at radius 3 is 2.21 bits per heavy atom. The highest BCUT2D eigenvalue weighted by atomic mass is 16.6. The van der Waals surface area contributed by atoms with Gasteiger partial charge in [-0.3, -0.25) is 4.79 Å². The van der Waals surface area contributed by atoms with Gasteiger partial charge >= 0.3 is 6.09 Å². The monoisotopic (exact) mass is 270 g/mol. The molecule has 1 rings (SSSR count). The summed E-state index contributed by atoms with van der Waals surface area (Å²) in [6.07, 6.45) is 6.37. The maximum atomic E-state index is 11.7. The molecule has 5 nitrogen and oxygen atoms in total. The van der Waals surface area contributed by atoms with E-state index in [1.807, 2.05) is 0 Å². The largest absolute Gasteiger partial charge is 0.444 e. The molecule has 0 aromatic rings. The molecule has 1 fully saturated rings. The van der Waals surface area contributed by atoms with Crippen LogP contribution in [-0.4, -0.2) is 30.2 Å². The van der Waals surface area contributed by atoms with E-state index in [0.717, 1.165) is 12.8 Å². The van der Waals surface area contributed by atoms with Crippen molar-refractivity contribution in [3.8, 4) is 0 Å². The normalized spacial score (nSPS) is 17.4. The van der Waals surface area contributed by atoms with Gasteiger partial charge in [-0.15, -0.1) is 0 Å². The van der Waals surface area contributed by atoms with Crippen LogP contribution in [0, 0.1) is 0 Å². The van der Waals surface area contributed by atoms with E-state index in [1.54, 1.807) is 20.8 Å². The standard InChI is InChI=1S/C14H26N2O3/c1-14(2,3)19-13(18)15-10-12(17)16-11-8-6-4-5-7-9-11/h11H,4-10H2,1-3H3,(H,15,18)(H,16,17). The van der Waals surface area contributed by atoms with Crippen LogP contribution in [0.15, 0.2) is 0 Å². The molecule has 0 aromatic carbocycles. The maximum absolute atomic E-state index is 11.7. The Kier molecular flexibility index (Phi) is 6.12. The van der Waals surface area contributed by atoms with Gasteiger partial charge in [0, 0.05) is 6.04 Å². The molecule has 1 saturated carbocycles. The molecule has 110 valence electrons. The van der Waals surface area contributed by atoms with Crippen LogP contribution in [0.5, 0.6) is 0 Å². The van der Waals surface area contributed by atoms with Crippen LogP contribution in [0.4, 0.5) is 4.79 Å². The molecule has 0 saturated heterocycles. The lowest BCUT2D eigenvalue weighted by atomic mass is 10.1. The van der Waals surface area contributed by atoms with E-state index in [9.17, 15) is 9.59 Å². The minimum Gasteiger partial charge on any atom is -0.444 e. The summed E-state index contributed by atoms with van der Waals surface area (Å²) in [6.45, 7) is 5.35. The quantitative estimate of drug-likeness (QED) is 0.774. The van der Waals surface area contributed by atoms with Crippen LogP contribution in [-0.2, 0) is 9.53 Å². The summed E-state index contributed by atoms with van der Waals surface area (Å²) in [5.41, 5.74) is -0.540. The average molecular weight is 270 g/mol. The number of hydrogen-bond acceptors (Lipinski definition) is 3. The number of nitrogens with one attached hydrogen (secondary N) is 2. The molecule has 2 N–H and O–H groups in total. The number of amides is 2. The van der Waals surface area contributed by atoms with Gasteiger partial charge in [0.1, 0.15) is 12.1 Å². The molecular weight excluding hydrogens is 244 g/mol. The number of carbonyl (C=O) groups is 2. The zero-order chi connectivity index (χ0) is 14.3. The number of alkyl carbamates (subject to hydrolysis) is 1. The first-order valence-corrected chi connectivity index (χ1v) is 7.13. The van der Waals surface area contributed by atoms with Crippen LogP contribution >= 0.6 is 0 Å². The molecule has 0 bridgehead atoms. The summed E-state index contributed by atoms with van der Waals surface area (Å²) < 4.78 is 5.07. The molecule has 1 aliphatic rings. The molecule has 0 aliphatic heterocycles. The zero-order valence-electron chi connectivity index (χ0n) is 12.3. The van der Waals surface area contributed by atoms with E-state index >= 15 is 0 Å². The first-order valence-electron chi connectivity index (χ1n) is 7.13. The minimum absolute atomic E-state index is 0.0224. The maximum Gasteiger partial charge on any atom is 0.408 e. The lowest BCUT2D eigenvalue weighted by molar-refractivity contribution is -0.121. The summed E-state index contributed by atoms with van der Waals surface area (Å²) >= 11 is 0. The Labute approximate surface area is 115 Å². The van der Waals surface area contributed by atoms with Crippen molar-refractivity contribution < 1.29 is 14.3 Å². The van der Waals surface area contributed by atoms with Gasteiger partial charge in [-0.25, -0.2) is 4.79 Å². The van der Waals surface area contributed by atoms with Gasteiger partial charge < -0.3 is 15.4 Å². The Morgan fingerprint density at radius 2 is 1.68 bits per heavy atom. The minimum atomic E-state index is -0.552. The van der Waals surface area contributed by atoms with Crippen LogP contribution < -0.4 is 10.6 Å². The third-order valence-electron chi connectivity index (χ3n) is 3.01. The third-order valence-corrected chi connectivity index (χ3v) is 3.01. The number of carbonyl (C=O) groups excluding carboxylic acids is 2. The molecule has 0 heterocycles. The van der Waals surface area contributed by atoms with E-state index in [1.165, 1.54) is 25.7 Å². The molecular formula is C14H26N2O3. The van der Waals surface area contributed by atoms with Gasteiger partial charge in [-0.2, -0.15) is 0 Å². The lowest BCUT2D eigenvalue weighted by Crippen LogP contribution is -2.43. The number of hydrogen-bond donors (Lipinski definition) is 2. The summed E-state index contributed by atoms with van der Waals surface area (Å²) in [7, 11) is 0. The second kappa shape index (κ2) is 7.36. The van der Waals surface area contributed by atoms with Crippen LogP contribution in [0.1, 0.15) is 59.3 Å². The van der Waals surface area contributed by atoms with Crippen molar-refractivity contribution in [2.45, 2.75) is 70.9 Å². The third kappa shape index (κ3) is 7.70. The predicted molar refractivity (Wildman–Crippen MR) is 73.9 cm³/mol. The van der Waals surface area contributed by atoms with Crippen molar-refractivity contribution in [2.75, 3.05) is 6.54 Å². The van der Waals surface area contributed by atoms with Gasteiger partial charge in [0.05, 0.1) is 0 Å². The fourth-order valence-electron chi connectivity index (χ4n) is 2.17. The zero-order valence-corrected chi connectivity index (χ0v) is 12.3. The van der Waals surface area contributed by atoms with Crippen molar-refractivity contribution in [3.05, 3.63) is 0 Å². The van der Waals surface area contributed by atoms with E-state index in [4.69, 9.17) is 4.74 Å². The fraction of sp³-hybridized carbons (Fsp3) is 0.857. The van der Waals surface area contributed by atoms with Crippen LogP contribution in [0.25, 0.3) is 0 Å². The molecule has 1 aliphatic carbocycles. The molecule has 0 radical (unpaired) electrons. The van der Waals surface area contributed by atoms with Crippen LogP contribution in [0.3, 0.4) is 0 Å². The highest BCUT2D eigenvalue weighted by Gasteiger charge is 2.18. The molecule has 0 atom stereocenters. The predicted octanol–water partition coefficient (Wildman–Crippen LogP) is 2.35. The Morgan fingerprint density at radius 1 is 1.11 bits per heavy atom. The van der Waals surface area contributed by atoms with Gasteiger partial charge in [0.25, 0.3) is 0 Å². The molecule has 5 heteroatoms. The number of rotatable bonds is 3. The Balaban J connectivity index is 2.21. The van der Waals surface area contributed by atoms with Crippen molar-refractivity contribution in [2.24, 2.45) is 0 Å². The van der Waals surface area contributed by atoms with E-state index in [0.29, 0.717) is 0 Å². The summed E-state index contributed by atoms with van der Waals surface area (Å²) in [4.78, 5) is 23.1. The van der Waals surface area contributed by atoms with E-state index < -0.39 is 11.7 Å². The van der Waals surface area contributed by atoms with Crippen molar-refractivity contribution in [1.29, 1.82) is 0 Å². The highest BCUT2D eigenvalue weighted by Crippen LogP contribution is 2.16. The SMILES string of the molecule is CC(C)(C)OC(=O)NCC(=O)NC1CCCCCC1. The summed E-state index contributed by atoms with van der Waals surface area (Å²) in [6, 6.07) is 0.260. The second-order valence-corrected chi connectivity index (χ2v) is 6.11. The van der Waals surface area contributed by atoms with Crippen molar-refractivity contribution >= 4 is 12.0 Å². The van der Waals surface area contributed by atoms with Gasteiger partial charge in [0.15, 0.2) is 0 Å². The van der Waals surface area contributed by atoms with Gasteiger partial charge in [-0.05, 0) is 33.6 Å². The fourth-order valence-corrected chi connectivity index (χ4v) is 2.17. The molecule has 2 amide bonds. The molecule has 19 heavy (non-hydrogen) atoms. The molecule has 0 aromatic heterocycles. The summed E-state index contributed by atoms with van der Waals surface area (Å²) in [5.74, 6) is -0.141. The van der Waals surface area contributed by atoms with Gasteiger partial charge in [0.2, 0.25) is 5.91 Å². The smallest absolute Gasteiger partial charge is 0.408 e. The average Bonchev–Trinajstić information content (AvgIpc) is 2.53. The topological polar surface area (TPSA) is 67.4 Å². The number of ether oxygens (including phenoxy) is 1. The van der Waals surface area contributed by atoms with E-state index in [2.05, 4.69) is 10.6 Å². The van der Waals surface area contributed by atoms with E-state index in [-0.39, 0.29) is 18.5 Å². The Hall–Kier alpha value is -1.26. The lowest BCUT2D eigenvalue weighted by Gasteiger charge is -2.20. The second-order valence-electron chi connectivity index (χ2n) is 6.11. The first-order chi connectivity index (χ1) is 8.87. The Bertz CT molecular complexity index is 302. The van der Waals surface area contributed by atoms with Gasteiger partial charge in [-0.1, -0.05) is 25.7 Å². The molecule has 0 spiro atoms. The summed E-state index contributed by atoms with van der Waals surface area (Å²) in [5, 5.41) is 5.44. The van der Waals surface area contributed by atoms with Crippen molar-refractivity contribution in [3.63, 3.8) is 0 Å². The highest BCUT2D eigenvalue weighted by molar-refractivity contribution is 5.82. The van der Waals surface area contributed by atoms with Crippen LogP contribution in [0.2, 0.25) is 0 Å². The van der Waals surface area contributed by atoms with Crippen molar-refractivity contribution in [1.82, 2.24) is 10.6 Å².